The van der Waals surface area contributed by atoms with Crippen LogP contribution in [0.25, 0.3) is 0 Å². The van der Waals surface area contributed by atoms with Crippen molar-refractivity contribution < 1.29 is 14.4 Å². The molecule has 3 rings (SSSR count). The number of amides is 3. The van der Waals surface area contributed by atoms with Crippen LogP contribution < -0.4 is 4.90 Å². The molecule has 2 fully saturated rings. The van der Waals surface area contributed by atoms with Gasteiger partial charge < -0.3 is 19.6 Å². The van der Waals surface area contributed by atoms with E-state index in [1.54, 1.807) is 33.2 Å². The first-order valence-electron chi connectivity index (χ1n) is 8.44. The van der Waals surface area contributed by atoms with E-state index in [-0.39, 0.29) is 18.2 Å². The average molecular weight is 346 g/mol. The molecule has 134 valence electrons. The van der Waals surface area contributed by atoms with Crippen LogP contribution in [0, 0.1) is 0 Å². The molecule has 9 heteroatoms. The van der Waals surface area contributed by atoms with Gasteiger partial charge in [0.05, 0.1) is 0 Å². The van der Waals surface area contributed by atoms with E-state index in [1.807, 2.05) is 4.90 Å². The normalized spacial score (nSPS) is 18.2. The first-order valence-corrected chi connectivity index (χ1v) is 8.44. The van der Waals surface area contributed by atoms with Crippen LogP contribution in [0.2, 0.25) is 0 Å². The number of nitrogens with zero attached hydrogens (tertiary/aromatic N) is 6. The summed E-state index contributed by atoms with van der Waals surface area (Å²) in [6.07, 6.45) is 4.08. The minimum Gasteiger partial charge on any atom is -0.342 e. The monoisotopic (exact) mass is 346 g/mol. The Bertz CT molecular complexity index is 610. The minimum atomic E-state index is -0.163. The number of carbonyl (C=O) groups is 3. The molecule has 3 amide bonds. The first kappa shape index (κ1) is 17.1. The van der Waals surface area contributed by atoms with Crippen molar-refractivity contribution >= 4 is 24.2 Å². The van der Waals surface area contributed by atoms with Gasteiger partial charge in [-0.05, 0) is 6.07 Å². The van der Waals surface area contributed by atoms with Crippen LogP contribution in [0.5, 0.6) is 0 Å². The number of hydrogen-bond acceptors (Lipinski definition) is 6. The van der Waals surface area contributed by atoms with Crippen LogP contribution in [-0.2, 0) is 14.4 Å². The summed E-state index contributed by atoms with van der Waals surface area (Å²) >= 11 is 0. The highest BCUT2D eigenvalue weighted by Gasteiger charge is 2.27. The van der Waals surface area contributed by atoms with Gasteiger partial charge in [-0.3, -0.25) is 14.4 Å². The van der Waals surface area contributed by atoms with Crippen molar-refractivity contribution in [2.24, 2.45) is 0 Å². The highest BCUT2D eigenvalue weighted by molar-refractivity contribution is 5.97. The van der Waals surface area contributed by atoms with E-state index < -0.39 is 0 Å². The minimum absolute atomic E-state index is 0.108. The van der Waals surface area contributed by atoms with E-state index in [2.05, 4.69) is 9.97 Å². The lowest BCUT2D eigenvalue weighted by Crippen LogP contribution is -2.52. The fraction of sp³-hybridized carbons (Fsp3) is 0.562. The second kappa shape index (κ2) is 7.91. The van der Waals surface area contributed by atoms with E-state index in [0.717, 1.165) is 6.41 Å². The Balaban J connectivity index is 1.45. The van der Waals surface area contributed by atoms with E-state index in [4.69, 9.17) is 0 Å². The van der Waals surface area contributed by atoms with Crippen molar-refractivity contribution in [3.05, 3.63) is 18.5 Å². The fourth-order valence-electron chi connectivity index (χ4n) is 3.04. The van der Waals surface area contributed by atoms with Gasteiger partial charge in [0, 0.05) is 64.8 Å². The van der Waals surface area contributed by atoms with Crippen LogP contribution in [-0.4, -0.2) is 95.3 Å². The summed E-state index contributed by atoms with van der Waals surface area (Å²) in [5.74, 6) is 0.361. The molecule has 0 atom stereocenters. The molecule has 9 nitrogen and oxygen atoms in total. The topological polar surface area (TPSA) is 90.0 Å². The molecule has 0 unspecified atom stereocenters. The van der Waals surface area contributed by atoms with Gasteiger partial charge in [-0.1, -0.05) is 0 Å². The quantitative estimate of drug-likeness (QED) is 0.503. The van der Waals surface area contributed by atoms with Crippen LogP contribution >= 0.6 is 0 Å². The fourth-order valence-corrected chi connectivity index (χ4v) is 3.04. The van der Waals surface area contributed by atoms with Crippen molar-refractivity contribution in [3.8, 4) is 0 Å². The molecule has 2 aliphatic rings. The Kier molecular flexibility index (Phi) is 5.42. The summed E-state index contributed by atoms with van der Waals surface area (Å²) in [6.45, 7) is 4.46. The van der Waals surface area contributed by atoms with Gasteiger partial charge in [-0.2, -0.15) is 0 Å². The summed E-state index contributed by atoms with van der Waals surface area (Å²) in [5.41, 5.74) is 0. The third-order valence-electron chi connectivity index (χ3n) is 4.59. The molecule has 2 aliphatic heterocycles. The SMILES string of the molecule is O=CN1CCN(C(=O)CC(=O)N2CCN(c3ncccn3)CC2)CC1. The summed E-state index contributed by atoms with van der Waals surface area (Å²) < 4.78 is 0. The Morgan fingerprint density at radius 1 is 0.880 bits per heavy atom. The Hall–Kier alpha value is -2.71. The standard InChI is InChI=1S/C16H22N6O3/c23-13-19-4-6-20(7-5-19)14(24)12-15(25)21-8-10-22(11-9-21)16-17-2-1-3-18-16/h1-3,13H,4-12H2. The number of piperazine rings is 2. The van der Waals surface area contributed by atoms with E-state index in [1.165, 1.54) is 0 Å². The molecule has 1 aromatic rings. The van der Waals surface area contributed by atoms with Crippen molar-refractivity contribution in [2.45, 2.75) is 6.42 Å². The average Bonchev–Trinajstić information content (AvgIpc) is 2.68. The lowest BCUT2D eigenvalue weighted by molar-refractivity contribution is -0.142. The number of aromatic nitrogens is 2. The van der Waals surface area contributed by atoms with E-state index in [9.17, 15) is 14.4 Å². The third kappa shape index (κ3) is 4.23. The molecule has 0 radical (unpaired) electrons. The molecule has 0 saturated carbocycles. The predicted molar refractivity (Wildman–Crippen MR) is 89.7 cm³/mol. The van der Waals surface area contributed by atoms with Crippen molar-refractivity contribution in [3.63, 3.8) is 0 Å². The van der Waals surface area contributed by atoms with Crippen LogP contribution in [0.1, 0.15) is 6.42 Å². The molecular weight excluding hydrogens is 324 g/mol. The summed E-state index contributed by atoms with van der Waals surface area (Å²) in [6, 6.07) is 1.77. The van der Waals surface area contributed by atoms with Crippen LogP contribution in [0.15, 0.2) is 18.5 Å². The van der Waals surface area contributed by atoms with Gasteiger partial charge in [0.2, 0.25) is 24.2 Å². The molecule has 0 aliphatic carbocycles. The van der Waals surface area contributed by atoms with Gasteiger partial charge in [0.15, 0.2) is 0 Å². The van der Waals surface area contributed by atoms with Gasteiger partial charge in [-0.15, -0.1) is 0 Å². The van der Waals surface area contributed by atoms with E-state index >= 15 is 0 Å². The maximum atomic E-state index is 12.4. The van der Waals surface area contributed by atoms with Gasteiger partial charge in [-0.25, -0.2) is 9.97 Å². The lowest BCUT2D eigenvalue weighted by Gasteiger charge is -2.36. The van der Waals surface area contributed by atoms with Crippen molar-refractivity contribution in [1.82, 2.24) is 24.7 Å². The zero-order chi connectivity index (χ0) is 17.6. The van der Waals surface area contributed by atoms with Gasteiger partial charge >= 0.3 is 0 Å². The zero-order valence-corrected chi connectivity index (χ0v) is 14.1. The number of carbonyl (C=O) groups excluding carboxylic acids is 3. The van der Waals surface area contributed by atoms with Gasteiger partial charge in [0.1, 0.15) is 6.42 Å². The molecule has 0 spiro atoms. The first-order chi connectivity index (χ1) is 12.2. The molecule has 3 heterocycles. The molecule has 25 heavy (non-hydrogen) atoms. The summed E-state index contributed by atoms with van der Waals surface area (Å²) in [5, 5.41) is 0. The molecule has 1 aromatic heterocycles. The smallest absolute Gasteiger partial charge is 0.232 e. The number of anilines is 1. The zero-order valence-electron chi connectivity index (χ0n) is 14.1. The highest BCUT2D eigenvalue weighted by Crippen LogP contribution is 2.11. The largest absolute Gasteiger partial charge is 0.342 e. The lowest BCUT2D eigenvalue weighted by atomic mass is 10.2. The molecule has 0 N–H and O–H groups in total. The predicted octanol–water partition coefficient (Wildman–Crippen LogP) is -1.18. The highest BCUT2D eigenvalue weighted by atomic mass is 16.2. The Labute approximate surface area is 146 Å². The molecule has 2 saturated heterocycles. The maximum absolute atomic E-state index is 12.4. The summed E-state index contributed by atoms with van der Waals surface area (Å²) in [4.78, 5) is 50.8. The number of rotatable bonds is 4. The summed E-state index contributed by atoms with van der Waals surface area (Å²) in [7, 11) is 0. The number of hydrogen-bond donors (Lipinski definition) is 0. The van der Waals surface area contributed by atoms with Crippen LogP contribution in [0.3, 0.4) is 0 Å². The second-order valence-electron chi connectivity index (χ2n) is 6.12. The maximum Gasteiger partial charge on any atom is 0.232 e. The second-order valence-corrected chi connectivity index (χ2v) is 6.12. The Morgan fingerprint density at radius 2 is 1.40 bits per heavy atom. The van der Waals surface area contributed by atoms with Gasteiger partial charge in [0.25, 0.3) is 0 Å². The third-order valence-corrected chi connectivity index (χ3v) is 4.59. The van der Waals surface area contributed by atoms with E-state index in [0.29, 0.717) is 58.3 Å². The van der Waals surface area contributed by atoms with Crippen LogP contribution in [0.4, 0.5) is 5.95 Å². The molecule has 0 bridgehead atoms. The van der Waals surface area contributed by atoms with Crippen molar-refractivity contribution in [2.75, 3.05) is 57.3 Å². The molecular formula is C16H22N6O3. The Morgan fingerprint density at radius 3 is 1.92 bits per heavy atom. The molecule has 0 aromatic carbocycles. The van der Waals surface area contributed by atoms with Crippen molar-refractivity contribution in [1.29, 1.82) is 0 Å².